The number of hydrogen-bond acceptors (Lipinski definition) is 2. The Labute approximate surface area is 106 Å². The minimum atomic E-state index is -0.482. The van der Waals surface area contributed by atoms with E-state index in [9.17, 15) is 5.11 Å². The summed E-state index contributed by atoms with van der Waals surface area (Å²) < 4.78 is 0. The highest BCUT2D eigenvalue weighted by Crippen LogP contribution is 2.30. The van der Waals surface area contributed by atoms with Crippen molar-refractivity contribution in [3.63, 3.8) is 0 Å². The van der Waals surface area contributed by atoms with Gasteiger partial charge in [0.1, 0.15) is 0 Å². The summed E-state index contributed by atoms with van der Waals surface area (Å²) in [6.07, 6.45) is 0.154. The monoisotopic (exact) mass is 261 g/mol. The number of rotatable bonds is 4. The van der Waals surface area contributed by atoms with E-state index in [2.05, 4.69) is 0 Å². The molecule has 0 aliphatic rings. The molecule has 0 aliphatic carbocycles. The number of hydrogen-bond donors (Lipinski definition) is 2. The number of aliphatic hydroxyl groups excluding tert-OH is 1. The lowest BCUT2D eigenvalue weighted by atomic mass is 9.79. The fourth-order valence-corrected chi connectivity index (χ4v) is 1.97. The van der Waals surface area contributed by atoms with Crippen LogP contribution in [-0.2, 0) is 6.42 Å². The zero-order valence-electron chi connectivity index (χ0n) is 9.50. The first-order valence-corrected chi connectivity index (χ1v) is 5.97. The number of aliphatic hydroxyl groups is 1. The Morgan fingerprint density at radius 3 is 2.50 bits per heavy atom. The summed E-state index contributed by atoms with van der Waals surface area (Å²) in [6.45, 7) is 4.10. The third-order valence-corrected chi connectivity index (χ3v) is 3.67. The van der Waals surface area contributed by atoms with Crippen LogP contribution in [0.25, 0.3) is 0 Å². The SMILES string of the molecule is CC(O)C(C)(CN)Cc1ccc(Cl)cc1Cl. The maximum absolute atomic E-state index is 9.73. The van der Waals surface area contributed by atoms with Crippen molar-refractivity contribution < 1.29 is 5.11 Å². The van der Waals surface area contributed by atoms with Crippen LogP contribution in [0.5, 0.6) is 0 Å². The second-order valence-corrected chi connectivity index (χ2v) is 5.29. The van der Waals surface area contributed by atoms with Crippen LogP contribution in [0.15, 0.2) is 18.2 Å². The van der Waals surface area contributed by atoms with E-state index in [1.165, 1.54) is 0 Å². The molecule has 0 saturated heterocycles. The summed E-state index contributed by atoms with van der Waals surface area (Å²) in [5.41, 5.74) is 6.30. The minimum Gasteiger partial charge on any atom is -0.393 e. The summed E-state index contributed by atoms with van der Waals surface area (Å²) in [4.78, 5) is 0. The van der Waals surface area contributed by atoms with Gasteiger partial charge in [-0.25, -0.2) is 0 Å². The Kier molecular flexibility index (Phi) is 4.62. The van der Waals surface area contributed by atoms with E-state index in [0.717, 1.165) is 5.56 Å². The quantitative estimate of drug-likeness (QED) is 0.876. The van der Waals surface area contributed by atoms with E-state index in [1.807, 2.05) is 13.0 Å². The summed E-state index contributed by atoms with van der Waals surface area (Å²) in [5.74, 6) is 0. The molecule has 16 heavy (non-hydrogen) atoms. The number of benzene rings is 1. The van der Waals surface area contributed by atoms with Gasteiger partial charge in [-0.1, -0.05) is 36.2 Å². The zero-order valence-corrected chi connectivity index (χ0v) is 11.0. The molecule has 4 heteroatoms. The van der Waals surface area contributed by atoms with Crippen LogP contribution in [0.1, 0.15) is 19.4 Å². The topological polar surface area (TPSA) is 46.2 Å². The van der Waals surface area contributed by atoms with Crippen molar-refractivity contribution in [1.29, 1.82) is 0 Å². The van der Waals surface area contributed by atoms with Crippen LogP contribution < -0.4 is 5.73 Å². The molecule has 1 aromatic carbocycles. The van der Waals surface area contributed by atoms with Gasteiger partial charge < -0.3 is 10.8 Å². The van der Waals surface area contributed by atoms with Crippen LogP contribution >= 0.6 is 23.2 Å². The molecule has 2 nitrogen and oxygen atoms in total. The van der Waals surface area contributed by atoms with Crippen molar-refractivity contribution >= 4 is 23.2 Å². The number of halogens is 2. The van der Waals surface area contributed by atoms with Crippen molar-refractivity contribution in [2.45, 2.75) is 26.4 Å². The van der Waals surface area contributed by atoms with E-state index in [4.69, 9.17) is 28.9 Å². The molecular weight excluding hydrogens is 245 g/mol. The van der Waals surface area contributed by atoms with Gasteiger partial charge in [-0.2, -0.15) is 0 Å². The molecule has 3 N–H and O–H groups in total. The molecule has 0 bridgehead atoms. The molecule has 0 heterocycles. The maximum Gasteiger partial charge on any atom is 0.0580 e. The molecular formula is C12H17Cl2NO. The second kappa shape index (κ2) is 5.37. The third-order valence-electron chi connectivity index (χ3n) is 3.08. The van der Waals surface area contributed by atoms with Gasteiger partial charge in [0, 0.05) is 22.0 Å². The van der Waals surface area contributed by atoms with Crippen LogP contribution in [-0.4, -0.2) is 17.8 Å². The van der Waals surface area contributed by atoms with E-state index in [-0.39, 0.29) is 5.41 Å². The Bertz CT molecular complexity index is 368. The molecule has 0 amide bonds. The molecule has 2 unspecified atom stereocenters. The average molecular weight is 262 g/mol. The fraction of sp³-hybridized carbons (Fsp3) is 0.500. The Hall–Kier alpha value is -0.280. The van der Waals surface area contributed by atoms with Crippen LogP contribution in [0.4, 0.5) is 0 Å². The molecule has 0 fully saturated rings. The summed E-state index contributed by atoms with van der Waals surface area (Å²) in [6, 6.07) is 5.38. The van der Waals surface area contributed by atoms with E-state index in [1.54, 1.807) is 19.1 Å². The maximum atomic E-state index is 9.73. The van der Waals surface area contributed by atoms with Gasteiger partial charge in [0.25, 0.3) is 0 Å². The molecule has 90 valence electrons. The fourth-order valence-electron chi connectivity index (χ4n) is 1.49. The van der Waals surface area contributed by atoms with E-state index < -0.39 is 6.10 Å². The minimum absolute atomic E-state index is 0.364. The molecule has 0 spiro atoms. The zero-order chi connectivity index (χ0) is 12.3. The third kappa shape index (κ3) is 3.11. The van der Waals surface area contributed by atoms with E-state index >= 15 is 0 Å². The standard InChI is InChI=1S/C12H17Cl2NO/c1-8(16)12(2,7-15)6-9-3-4-10(13)5-11(9)14/h3-5,8,16H,6-7,15H2,1-2H3. The molecule has 2 atom stereocenters. The largest absolute Gasteiger partial charge is 0.393 e. The summed E-state index contributed by atoms with van der Waals surface area (Å²) >= 11 is 11.9. The van der Waals surface area contributed by atoms with Gasteiger partial charge >= 0.3 is 0 Å². The molecule has 1 aromatic rings. The van der Waals surface area contributed by atoms with Crippen molar-refractivity contribution in [3.8, 4) is 0 Å². The van der Waals surface area contributed by atoms with Crippen molar-refractivity contribution in [2.75, 3.05) is 6.54 Å². The average Bonchev–Trinajstić information content (AvgIpc) is 2.22. The molecule has 0 aliphatic heterocycles. The van der Waals surface area contributed by atoms with Crippen LogP contribution in [0.2, 0.25) is 10.0 Å². The smallest absolute Gasteiger partial charge is 0.0580 e. The molecule has 0 radical (unpaired) electrons. The van der Waals surface area contributed by atoms with Gasteiger partial charge in [-0.3, -0.25) is 0 Å². The van der Waals surface area contributed by atoms with Gasteiger partial charge in [0.2, 0.25) is 0 Å². The predicted octanol–water partition coefficient (Wildman–Crippen LogP) is 2.88. The van der Waals surface area contributed by atoms with Gasteiger partial charge in [0.05, 0.1) is 6.10 Å². The highest BCUT2D eigenvalue weighted by molar-refractivity contribution is 6.35. The molecule has 0 saturated carbocycles. The Morgan fingerprint density at radius 2 is 2.06 bits per heavy atom. The lowest BCUT2D eigenvalue weighted by molar-refractivity contribution is 0.0589. The first-order valence-electron chi connectivity index (χ1n) is 5.21. The van der Waals surface area contributed by atoms with Crippen molar-refractivity contribution in [2.24, 2.45) is 11.1 Å². The Morgan fingerprint density at radius 1 is 1.44 bits per heavy atom. The Balaban J connectivity index is 2.95. The van der Waals surface area contributed by atoms with E-state index in [0.29, 0.717) is 23.0 Å². The van der Waals surface area contributed by atoms with Crippen LogP contribution in [0.3, 0.4) is 0 Å². The van der Waals surface area contributed by atoms with Crippen molar-refractivity contribution in [1.82, 2.24) is 0 Å². The first kappa shape index (κ1) is 13.8. The first-order chi connectivity index (χ1) is 7.39. The highest BCUT2D eigenvalue weighted by atomic mass is 35.5. The van der Waals surface area contributed by atoms with Crippen molar-refractivity contribution in [3.05, 3.63) is 33.8 Å². The normalized spacial score (nSPS) is 16.9. The second-order valence-electron chi connectivity index (χ2n) is 4.45. The lowest BCUT2D eigenvalue weighted by Gasteiger charge is -2.31. The molecule has 0 aromatic heterocycles. The summed E-state index contributed by atoms with van der Waals surface area (Å²) in [7, 11) is 0. The highest BCUT2D eigenvalue weighted by Gasteiger charge is 2.29. The lowest BCUT2D eigenvalue weighted by Crippen LogP contribution is -2.39. The summed E-state index contributed by atoms with van der Waals surface area (Å²) in [5, 5.41) is 11.0. The van der Waals surface area contributed by atoms with Gasteiger partial charge in [0.15, 0.2) is 0 Å². The van der Waals surface area contributed by atoms with Crippen LogP contribution in [0, 0.1) is 5.41 Å². The number of nitrogens with two attached hydrogens (primary N) is 1. The molecule has 1 rings (SSSR count). The van der Waals surface area contributed by atoms with Gasteiger partial charge in [-0.05, 0) is 31.0 Å². The predicted molar refractivity (Wildman–Crippen MR) is 69.0 cm³/mol. The van der Waals surface area contributed by atoms with Gasteiger partial charge in [-0.15, -0.1) is 0 Å².